The average molecular weight is 1110 g/mol. The lowest BCUT2D eigenvalue weighted by Gasteiger charge is -2.16. The quantitative estimate of drug-likeness (QED) is 0.161. The molecule has 3 heterocycles. The number of hydrogen-bond acceptors (Lipinski definition) is 3. The molecule has 18 aromatic rings. The number of hydrogen-bond donors (Lipinski definition) is 0. The van der Waals surface area contributed by atoms with Crippen LogP contribution in [0.15, 0.2) is 297 Å². The summed E-state index contributed by atoms with van der Waals surface area (Å²) in [5.74, 6) is 1.89. The molecule has 0 unspecified atom stereocenters. The molecular formula is C82H51N5. The van der Waals surface area contributed by atoms with Crippen LogP contribution in [0, 0.1) is 0 Å². The van der Waals surface area contributed by atoms with Crippen molar-refractivity contribution in [1.29, 1.82) is 0 Å². The molecule has 0 saturated heterocycles. The third kappa shape index (κ3) is 7.83. The topological polar surface area (TPSA) is 48.5 Å². The lowest BCUT2D eigenvalue weighted by molar-refractivity contribution is 1.08. The largest absolute Gasteiger partial charge is 0.309 e. The van der Waals surface area contributed by atoms with Crippen molar-refractivity contribution in [3.63, 3.8) is 0 Å². The second-order valence-corrected chi connectivity index (χ2v) is 23.0. The molecule has 0 spiro atoms. The molecule has 404 valence electrons. The van der Waals surface area contributed by atoms with Gasteiger partial charge in [-0.25, -0.2) is 15.0 Å². The molecule has 0 N–H and O–H groups in total. The smallest absolute Gasteiger partial charge is 0.164 e. The van der Waals surface area contributed by atoms with Gasteiger partial charge in [-0.15, -0.1) is 0 Å². The molecule has 0 saturated carbocycles. The molecule has 0 aliphatic heterocycles. The van der Waals surface area contributed by atoms with Crippen molar-refractivity contribution in [2.24, 2.45) is 0 Å². The van der Waals surface area contributed by atoms with E-state index in [1.54, 1.807) is 0 Å². The van der Waals surface area contributed by atoms with Gasteiger partial charge >= 0.3 is 0 Å². The first-order valence-corrected chi connectivity index (χ1v) is 29.9. The molecule has 0 atom stereocenters. The Morgan fingerprint density at radius 2 is 0.782 bits per heavy atom. The van der Waals surface area contributed by atoms with Crippen LogP contribution in [0.1, 0.15) is 11.1 Å². The van der Waals surface area contributed by atoms with Crippen LogP contribution < -0.4 is 0 Å². The van der Waals surface area contributed by atoms with E-state index in [1.165, 1.54) is 104 Å². The average Bonchev–Trinajstić information content (AvgIpc) is 1.66. The number of para-hydroxylation sites is 2. The second kappa shape index (κ2) is 19.5. The van der Waals surface area contributed by atoms with Crippen LogP contribution in [0.2, 0.25) is 0 Å². The summed E-state index contributed by atoms with van der Waals surface area (Å²) in [7, 11) is 0. The lowest BCUT2D eigenvalue weighted by atomic mass is 9.97. The fourth-order valence-corrected chi connectivity index (χ4v) is 14.2. The third-order valence-corrected chi connectivity index (χ3v) is 18.1. The van der Waals surface area contributed by atoms with Crippen LogP contribution in [-0.2, 0) is 6.42 Å². The predicted molar refractivity (Wildman–Crippen MR) is 365 cm³/mol. The van der Waals surface area contributed by atoms with E-state index in [-0.39, 0.29) is 0 Å². The SMILES string of the molecule is c1ccc(-c2nc(-c3ccc4cccc(-n5c6ccccc6c6c(-n7c8ccccc8c8cc9ccccc9cc87)c7ccccc7cc65)c4c3)nc(-c3cc4ccccc4c4ccccc34)n2)cc1.c1ccc2c(c1)Cc1cc3ccccc3cc1-2. The molecular weight excluding hydrogens is 1050 g/mol. The number of aromatic nitrogens is 5. The normalized spacial score (nSPS) is 12.1. The van der Waals surface area contributed by atoms with Crippen LogP contribution in [-0.4, -0.2) is 24.1 Å². The Balaban J connectivity index is 0.000000286. The maximum atomic E-state index is 5.37. The number of benzene rings is 15. The van der Waals surface area contributed by atoms with Gasteiger partial charge in [0.05, 0.1) is 33.4 Å². The molecule has 19 rings (SSSR count). The third-order valence-electron chi connectivity index (χ3n) is 18.1. The molecule has 5 nitrogen and oxygen atoms in total. The molecule has 0 amide bonds. The van der Waals surface area contributed by atoms with Crippen molar-refractivity contribution in [2.75, 3.05) is 0 Å². The van der Waals surface area contributed by atoms with Gasteiger partial charge in [-0.2, -0.15) is 0 Å². The van der Waals surface area contributed by atoms with Crippen LogP contribution >= 0.6 is 0 Å². The van der Waals surface area contributed by atoms with Gasteiger partial charge in [0.15, 0.2) is 17.5 Å². The molecule has 5 heteroatoms. The lowest BCUT2D eigenvalue weighted by Crippen LogP contribution is -2.01. The van der Waals surface area contributed by atoms with Crippen LogP contribution in [0.25, 0.3) is 165 Å². The first-order valence-electron chi connectivity index (χ1n) is 29.9. The van der Waals surface area contributed by atoms with Crippen molar-refractivity contribution in [2.45, 2.75) is 6.42 Å². The van der Waals surface area contributed by atoms with Crippen molar-refractivity contribution >= 4 is 108 Å². The van der Waals surface area contributed by atoms with E-state index in [2.05, 4.69) is 288 Å². The summed E-state index contributed by atoms with van der Waals surface area (Å²) in [5, 5.41) is 19.2. The van der Waals surface area contributed by atoms with Crippen molar-refractivity contribution in [1.82, 2.24) is 24.1 Å². The van der Waals surface area contributed by atoms with Crippen LogP contribution in [0.3, 0.4) is 0 Å². The summed E-state index contributed by atoms with van der Waals surface area (Å²) in [6.07, 6.45) is 1.08. The van der Waals surface area contributed by atoms with Crippen LogP contribution in [0.4, 0.5) is 0 Å². The molecule has 0 bridgehead atoms. The van der Waals surface area contributed by atoms with E-state index in [0.717, 1.165) is 61.4 Å². The zero-order valence-electron chi connectivity index (χ0n) is 47.2. The van der Waals surface area contributed by atoms with E-state index < -0.39 is 0 Å². The summed E-state index contributed by atoms with van der Waals surface area (Å²) in [5.41, 5.74) is 15.5. The minimum Gasteiger partial charge on any atom is -0.309 e. The Bertz CT molecular complexity index is 5870. The fourth-order valence-electron chi connectivity index (χ4n) is 14.2. The minimum absolute atomic E-state index is 0.618. The van der Waals surface area contributed by atoms with Gasteiger partial charge in [-0.1, -0.05) is 243 Å². The Morgan fingerprint density at radius 1 is 0.241 bits per heavy atom. The van der Waals surface area contributed by atoms with Crippen LogP contribution in [0.5, 0.6) is 0 Å². The monoisotopic (exact) mass is 1110 g/mol. The Morgan fingerprint density at radius 3 is 1.56 bits per heavy atom. The van der Waals surface area contributed by atoms with Gasteiger partial charge in [-0.3, -0.25) is 0 Å². The highest BCUT2D eigenvalue weighted by molar-refractivity contribution is 6.23. The Hall–Kier alpha value is -11.5. The van der Waals surface area contributed by atoms with Gasteiger partial charge in [0, 0.05) is 49.0 Å². The summed E-state index contributed by atoms with van der Waals surface area (Å²) in [6.45, 7) is 0. The summed E-state index contributed by atoms with van der Waals surface area (Å²) in [4.78, 5) is 15.8. The standard InChI is InChI=1S/C65H39N5.C17H12/c1-2-17-41(18-3-1)63-66-64(68-65(67-63)55-36-44-21-6-8-24-47(44)49-26-10-11-27-50(49)55)46-34-33-40-23-16-32-58(53(40)37-46)69-57-31-15-13-29-52(57)61-60(69)39-45-22-7-9-25-48(45)62(61)70-56-30-14-12-28-51(56)54-35-42-19-4-5-20-43(42)38-59(54)70;1-2-6-13-11-17-15(9-12(13)5-1)10-14-7-3-4-8-16(14)17/h1-39H;1-9,11H,10H2. The molecule has 1 aliphatic rings. The Labute approximate surface area is 501 Å². The van der Waals surface area contributed by atoms with Crippen molar-refractivity contribution in [3.8, 4) is 56.7 Å². The zero-order valence-corrected chi connectivity index (χ0v) is 47.2. The van der Waals surface area contributed by atoms with Gasteiger partial charge in [0.2, 0.25) is 0 Å². The highest BCUT2D eigenvalue weighted by Gasteiger charge is 2.25. The van der Waals surface area contributed by atoms with E-state index >= 15 is 0 Å². The molecule has 0 fully saturated rings. The molecule has 87 heavy (non-hydrogen) atoms. The predicted octanol–water partition coefficient (Wildman–Crippen LogP) is 21.2. The highest BCUT2D eigenvalue weighted by atomic mass is 15.0. The molecule has 0 radical (unpaired) electrons. The number of rotatable bonds is 5. The molecule has 15 aromatic carbocycles. The van der Waals surface area contributed by atoms with Crippen molar-refractivity contribution in [3.05, 3.63) is 308 Å². The number of nitrogens with zero attached hydrogens (tertiary/aromatic N) is 5. The molecule has 1 aliphatic carbocycles. The Kier molecular flexibility index (Phi) is 11.0. The minimum atomic E-state index is 0.618. The van der Waals surface area contributed by atoms with E-state index in [9.17, 15) is 0 Å². The van der Waals surface area contributed by atoms with E-state index in [0.29, 0.717) is 17.5 Å². The summed E-state index contributed by atoms with van der Waals surface area (Å²) >= 11 is 0. The first-order chi connectivity index (χ1) is 43.1. The summed E-state index contributed by atoms with van der Waals surface area (Å²) in [6, 6.07) is 107. The highest BCUT2D eigenvalue weighted by Crippen LogP contribution is 2.46. The van der Waals surface area contributed by atoms with E-state index in [1.807, 2.05) is 18.2 Å². The van der Waals surface area contributed by atoms with Gasteiger partial charge in [0.1, 0.15) is 0 Å². The zero-order chi connectivity index (χ0) is 57.1. The van der Waals surface area contributed by atoms with Gasteiger partial charge in [0.25, 0.3) is 0 Å². The van der Waals surface area contributed by atoms with E-state index in [4.69, 9.17) is 15.0 Å². The van der Waals surface area contributed by atoms with Crippen molar-refractivity contribution < 1.29 is 0 Å². The van der Waals surface area contributed by atoms with Gasteiger partial charge < -0.3 is 9.13 Å². The fraction of sp³-hybridized carbons (Fsp3) is 0.0122. The second-order valence-electron chi connectivity index (χ2n) is 23.0. The number of fused-ring (bicyclic) bond motifs is 16. The van der Waals surface area contributed by atoms with Gasteiger partial charge in [-0.05, 0) is 137 Å². The maximum Gasteiger partial charge on any atom is 0.164 e. The first kappa shape index (κ1) is 48.9. The summed E-state index contributed by atoms with van der Waals surface area (Å²) < 4.78 is 5.01. The maximum absolute atomic E-state index is 5.37. The molecule has 3 aromatic heterocycles.